The van der Waals surface area contributed by atoms with Crippen molar-refractivity contribution in [2.75, 3.05) is 0 Å². The second-order valence-electron chi connectivity index (χ2n) is 7.40. The van der Waals surface area contributed by atoms with E-state index in [2.05, 4.69) is 13.8 Å². The number of hydrogen-bond donors (Lipinski definition) is 0. The molecule has 2 saturated carbocycles. The molecular formula is C18H32O. The Morgan fingerprint density at radius 1 is 0.895 bits per heavy atom. The molecule has 0 aromatic heterocycles. The molecule has 110 valence electrons. The topological polar surface area (TPSA) is 17.1 Å². The van der Waals surface area contributed by atoms with Crippen LogP contribution in [0.25, 0.3) is 0 Å². The van der Waals surface area contributed by atoms with Crippen LogP contribution in [0.15, 0.2) is 0 Å². The van der Waals surface area contributed by atoms with Gasteiger partial charge in [0.1, 0.15) is 6.29 Å². The summed E-state index contributed by atoms with van der Waals surface area (Å²) in [5.74, 6) is 4.20. The van der Waals surface area contributed by atoms with Crippen molar-refractivity contribution in [3.8, 4) is 0 Å². The normalized spacial score (nSPS) is 40.0. The van der Waals surface area contributed by atoms with E-state index in [4.69, 9.17) is 0 Å². The molecule has 1 heteroatoms. The van der Waals surface area contributed by atoms with Crippen LogP contribution in [0.3, 0.4) is 0 Å². The summed E-state index contributed by atoms with van der Waals surface area (Å²) < 4.78 is 0. The van der Waals surface area contributed by atoms with Crippen molar-refractivity contribution in [3.05, 3.63) is 0 Å². The molecule has 2 atom stereocenters. The summed E-state index contributed by atoms with van der Waals surface area (Å²) in [6.07, 6.45) is 14.8. The van der Waals surface area contributed by atoms with Gasteiger partial charge in [0.05, 0.1) is 0 Å². The van der Waals surface area contributed by atoms with E-state index in [1.54, 1.807) is 0 Å². The Hall–Kier alpha value is -0.330. The first-order chi connectivity index (χ1) is 9.20. The first kappa shape index (κ1) is 15.1. The van der Waals surface area contributed by atoms with Gasteiger partial charge >= 0.3 is 0 Å². The number of aldehydes is 1. The predicted molar refractivity (Wildman–Crippen MR) is 81.0 cm³/mol. The lowest BCUT2D eigenvalue weighted by Gasteiger charge is -2.35. The summed E-state index contributed by atoms with van der Waals surface area (Å²) in [6, 6.07) is 0. The first-order valence-corrected chi connectivity index (χ1v) is 8.66. The van der Waals surface area contributed by atoms with E-state index in [0.29, 0.717) is 5.92 Å². The van der Waals surface area contributed by atoms with Gasteiger partial charge in [-0.3, -0.25) is 0 Å². The highest BCUT2D eigenvalue weighted by atomic mass is 16.1. The van der Waals surface area contributed by atoms with Crippen LogP contribution >= 0.6 is 0 Å². The molecule has 2 aliphatic rings. The van der Waals surface area contributed by atoms with Crippen LogP contribution in [0.5, 0.6) is 0 Å². The molecule has 0 aromatic rings. The van der Waals surface area contributed by atoms with Crippen molar-refractivity contribution in [3.63, 3.8) is 0 Å². The summed E-state index contributed by atoms with van der Waals surface area (Å²) in [5.41, 5.74) is 0. The van der Waals surface area contributed by atoms with Crippen LogP contribution in [-0.4, -0.2) is 6.29 Å². The summed E-state index contributed by atoms with van der Waals surface area (Å²) in [4.78, 5) is 10.8. The van der Waals surface area contributed by atoms with Crippen LogP contribution in [-0.2, 0) is 4.79 Å². The smallest absolute Gasteiger partial charge is 0.123 e. The molecule has 2 unspecified atom stereocenters. The van der Waals surface area contributed by atoms with Crippen molar-refractivity contribution >= 4 is 6.29 Å². The lowest BCUT2D eigenvalue weighted by Crippen LogP contribution is -2.25. The molecule has 2 fully saturated rings. The van der Waals surface area contributed by atoms with E-state index in [9.17, 15) is 4.79 Å². The molecule has 1 nitrogen and oxygen atoms in total. The zero-order chi connectivity index (χ0) is 13.7. The van der Waals surface area contributed by atoms with E-state index in [-0.39, 0.29) is 0 Å². The maximum Gasteiger partial charge on any atom is 0.123 e. The zero-order valence-corrected chi connectivity index (χ0v) is 12.9. The summed E-state index contributed by atoms with van der Waals surface area (Å²) in [5, 5.41) is 0. The van der Waals surface area contributed by atoms with Gasteiger partial charge in [-0.25, -0.2) is 0 Å². The van der Waals surface area contributed by atoms with Crippen LogP contribution < -0.4 is 0 Å². The third kappa shape index (κ3) is 4.33. The number of hydrogen-bond acceptors (Lipinski definition) is 1. The lowest BCUT2D eigenvalue weighted by molar-refractivity contribution is -0.112. The second kappa shape index (κ2) is 7.45. The van der Waals surface area contributed by atoms with Crippen LogP contribution in [0.1, 0.15) is 78.1 Å². The minimum absolute atomic E-state index is 0.384. The van der Waals surface area contributed by atoms with E-state index >= 15 is 0 Å². The molecule has 0 radical (unpaired) electrons. The molecule has 0 saturated heterocycles. The van der Waals surface area contributed by atoms with E-state index in [1.165, 1.54) is 57.7 Å². The summed E-state index contributed by atoms with van der Waals surface area (Å²) in [7, 11) is 0. The van der Waals surface area contributed by atoms with Gasteiger partial charge in [-0.05, 0) is 55.8 Å². The Balaban J connectivity index is 1.64. The van der Waals surface area contributed by atoms with Gasteiger partial charge in [0.2, 0.25) is 0 Å². The molecule has 0 amide bonds. The third-order valence-electron chi connectivity index (χ3n) is 6.01. The predicted octanol–water partition coefficient (Wildman–Crippen LogP) is 5.23. The van der Waals surface area contributed by atoms with Gasteiger partial charge in [-0.1, -0.05) is 46.0 Å². The number of carbonyl (C=O) groups is 1. The van der Waals surface area contributed by atoms with Crippen LogP contribution in [0.4, 0.5) is 0 Å². The van der Waals surface area contributed by atoms with Gasteiger partial charge in [-0.15, -0.1) is 0 Å². The SMILES string of the molecule is CC1CCCC(C)C1CCCC1CCC(C=O)CC1. The van der Waals surface area contributed by atoms with Crippen molar-refractivity contribution in [2.24, 2.45) is 29.6 Å². The fraction of sp³-hybridized carbons (Fsp3) is 0.944. The molecule has 0 bridgehead atoms. The third-order valence-corrected chi connectivity index (χ3v) is 6.01. The van der Waals surface area contributed by atoms with Gasteiger partial charge in [0, 0.05) is 5.92 Å². The van der Waals surface area contributed by atoms with E-state index < -0.39 is 0 Å². The van der Waals surface area contributed by atoms with Gasteiger partial charge in [-0.2, -0.15) is 0 Å². The average molecular weight is 264 g/mol. The van der Waals surface area contributed by atoms with Crippen molar-refractivity contribution in [1.29, 1.82) is 0 Å². The van der Waals surface area contributed by atoms with Crippen LogP contribution in [0, 0.1) is 29.6 Å². The monoisotopic (exact) mass is 264 g/mol. The first-order valence-electron chi connectivity index (χ1n) is 8.66. The van der Waals surface area contributed by atoms with Gasteiger partial charge < -0.3 is 4.79 Å². The van der Waals surface area contributed by atoms with Crippen LogP contribution in [0.2, 0.25) is 0 Å². The Morgan fingerprint density at radius 2 is 1.53 bits per heavy atom. The average Bonchev–Trinajstić information content (AvgIpc) is 2.43. The molecule has 19 heavy (non-hydrogen) atoms. The maximum absolute atomic E-state index is 10.8. The molecule has 0 aliphatic heterocycles. The van der Waals surface area contributed by atoms with Crippen molar-refractivity contribution < 1.29 is 4.79 Å². The molecule has 0 heterocycles. The highest BCUT2D eigenvalue weighted by molar-refractivity contribution is 5.53. The summed E-state index contributed by atoms with van der Waals surface area (Å²) >= 11 is 0. The zero-order valence-electron chi connectivity index (χ0n) is 12.9. The molecule has 0 spiro atoms. The van der Waals surface area contributed by atoms with Gasteiger partial charge in [0.15, 0.2) is 0 Å². The fourth-order valence-corrected chi connectivity index (χ4v) is 4.58. The number of rotatable bonds is 5. The fourth-order valence-electron chi connectivity index (χ4n) is 4.58. The van der Waals surface area contributed by atoms with E-state index in [1.807, 2.05) is 0 Å². The second-order valence-corrected chi connectivity index (χ2v) is 7.40. The Labute approximate surface area is 119 Å². The Kier molecular flexibility index (Phi) is 5.91. The molecule has 2 aliphatic carbocycles. The molecule has 0 N–H and O–H groups in total. The lowest BCUT2D eigenvalue weighted by atomic mass is 9.71. The molecule has 0 aromatic carbocycles. The molecule has 2 rings (SSSR count). The number of carbonyl (C=O) groups excluding carboxylic acids is 1. The van der Waals surface area contributed by atoms with E-state index in [0.717, 1.165) is 36.5 Å². The minimum Gasteiger partial charge on any atom is -0.303 e. The van der Waals surface area contributed by atoms with Crippen molar-refractivity contribution in [2.45, 2.75) is 78.1 Å². The maximum atomic E-state index is 10.8. The molecular weight excluding hydrogens is 232 g/mol. The van der Waals surface area contributed by atoms with Gasteiger partial charge in [0.25, 0.3) is 0 Å². The Morgan fingerprint density at radius 3 is 2.11 bits per heavy atom. The largest absolute Gasteiger partial charge is 0.303 e. The standard InChI is InChI=1S/C18H32O/c1-14-5-3-6-15(2)18(14)8-4-7-16-9-11-17(13-19)12-10-16/h13-18H,3-12H2,1-2H3. The Bertz CT molecular complexity index is 255. The summed E-state index contributed by atoms with van der Waals surface area (Å²) in [6.45, 7) is 4.94. The minimum atomic E-state index is 0.384. The highest BCUT2D eigenvalue weighted by Gasteiger charge is 2.27. The van der Waals surface area contributed by atoms with Crippen molar-refractivity contribution in [1.82, 2.24) is 0 Å². The quantitative estimate of drug-likeness (QED) is 0.621. The highest BCUT2D eigenvalue weighted by Crippen LogP contribution is 2.38.